The highest BCUT2D eigenvalue weighted by Crippen LogP contribution is 2.26. The van der Waals surface area contributed by atoms with Crippen LogP contribution in [0.25, 0.3) is 0 Å². The fourth-order valence-electron chi connectivity index (χ4n) is 1.74. The molecular formula is C14H13NO5. The Kier molecular flexibility index (Phi) is 3.65. The number of hydrogen-bond acceptors (Lipinski definition) is 5. The Morgan fingerprint density at radius 1 is 1.00 bits per heavy atom. The molecule has 0 aliphatic carbocycles. The SMILES string of the molecule is O=C(O)c1cc(O)ccc1NCc1ccc(O)c(O)c1. The van der Waals surface area contributed by atoms with Crippen LogP contribution in [0.15, 0.2) is 36.4 Å². The van der Waals surface area contributed by atoms with Gasteiger partial charge in [0.05, 0.1) is 5.56 Å². The van der Waals surface area contributed by atoms with Crippen molar-refractivity contribution in [3.63, 3.8) is 0 Å². The predicted molar refractivity (Wildman–Crippen MR) is 72.2 cm³/mol. The van der Waals surface area contributed by atoms with Gasteiger partial charge in [-0.15, -0.1) is 0 Å². The number of phenols is 3. The van der Waals surface area contributed by atoms with Gasteiger partial charge in [0.25, 0.3) is 0 Å². The third-order valence-electron chi connectivity index (χ3n) is 2.76. The number of aromatic carboxylic acids is 1. The van der Waals surface area contributed by atoms with Crippen molar-refractivity contribution >= 4 is 11.7 Å². The summed E-state index contributed by atoms with van der Waals surface area (Å²) in [7, 11) is 0. The van der Waals surface area contributed by atoms with Crippen molar-refractivity contribution in [2.45, 2.75) is 6.54 Å². The van der Waals surface area contributed by atoms with Crippen LogP contribution >= 0.6 is 0 Å². The van der Waals surface area contributed by atoms with Gasteiger partial charge in [-0.25, -0.2) is 4.79 Å². The number of carboxylic acids is 1. The highest BCUT2D eigenvalue weighted by molar-refractivity contribution is 5.94. The lowest BCUT2D eigenvalue weighted by Gasteiger charge is -2.10. The van der Waals surface area contributed by atoms with E-state index in [4.69, 9.17) is 5.11 Å². The molecule has 0 spiro atoms. The molecule has 0 aliphatic heterocycles. The second kappa shape index (κ2) is 5.40. The van der Waals surface area contributed by atoms with Crippen LogP contribution in [0.5, 0.6) is 17.2 Å². The number of carboxylic acid groups (broad SMARTS) is 1. The maximum absolute atomic E-state index is 11.1. The van der Waals surface area contributed by atoms with Gasteiger partial charge in [-0.1, -0.05) is 6.07 Å². The molecule has 0 saturated heterocycles. The van der Waals surface area contributed by atoms with E-state index in [0.717, 1.165) is 6.07 Å². The Morgan fingerprint density at radius 3 is 2.40 bits per heavy atom. The van der Waals surface area contributed by atoms with Crippen molar-refractivity contribution in [1.29, 1.82) is 0 Å². The van der Waals surface area contributed by atoms with Gasteiger partial charge in [-0.2, -0.15) is 0 Å². The summed E-state index contributed by atoms with van der Waals surface area (Å²) in [6.07, 6.45) is 0. The van der Waals surface area contributed by atoms with E-state index in [1.165, 1.54) is 24.3 Å². The maximum Gasteiger partial charge on any atom is 0.337 e. The predicted octanol–water partition coefficient (Wildman–Crippen LogP) is 2.11. The minimum absolute atomic E-state index is 0.0481. The van der Waals surface area contributed by atoms with Crippen LogP contribution in [0.1, 0.15) is 15.9 Å². The summed E-state index contributed by atoms with van der Waals surface area (Å²) in [5.74, 6) is -1.75. The molecule has 0 aliphatic rings. The van der Waals surface area contributed by atoms with E-state index < -0.39 is 5.97 Å². The van der Waals surface area contributed by atoms with Crippen LogP contribution in [0.2, 0.25) is 0 Å². The van der Waals surface area contributed by atoms with Gasteiger partial charge >= 0.3 is 5.97 Å². The van der Waals surface area contributed by atoms with E-state index in [-0.39, 0.29) is 29.4 Å². The molecule has 5 N–H and O–H groups in total. The van der Waals surface area contributed by atoms with Crippen LogP contribution in [0.3, 0.4) is 0 Å². The van der Waals surface area contributed by atoms with E-state index in [9.17, 15) is 20.1 Å². The van der Waals surface area contributed by atoms with Gasteiger partial charge in [0, 0.05) is 12.2 Å². The highest BCUT2D eigenvalue weighted by Gasteiger charge is 2.11. The summed E-state index contributed by atoms with van der Waals surface area (Å²) >= 11 is 0. The lowest BCUT2D eigenvalue weighted by molar-refractivity contribution is 0.0697. The molecule has 0 bridgehead atoms. The van der Waals surface area contributed by atoms with Gasteiger partial charge in [-0.3, -0.25) is 0 Å². The van der Waals surface area contributed by atoms with Gasteiger partial charge < -0.3 is 25.7 Å². The Bertz CT molecular complexity index is 654. The summed E-state index contributed by atoms with van der Waals surface area (Å²) in [6.45, 7) is 0.263. The van der Waals surface area contributed by atoms with E-state index in [1.807, 2.05) is 0 Å². The quantitative estimate of drug-likeness (QED) is 0.432. The third-order valence-corrected chi connectivity index (χ3v) is 2.76. The first-order valence-corrected chi connectivity index (χ1v) is 5.78. The van der Waals surface area contributed by atoms with Crippen LogP contribution < -0.4 is 5.32 Å². The monoisotopic (exact) mass is 275 g/mol. The summed E-state index contributed by atoms with van der Waals surface area (Å²) in [4.78, 5) is 11.1. The van der Waals surface area contributed by atoms with Gasteiger partial charge in [0.2, 0.25) is 0 Å². The molecule has 0 saturated carbocycles. The molecule has 6 heteroatoms. The molecule has 0 unspecified atom stereocenters. The average Bonchev–Trinajstić information content (AvgIpc) is 2.41. The first-order valence-electron chi connectivity index (χ1n) is 5.78. The van der Waals surface area contributed by atoms with Crippen LogP contribution in [-0.2, 0) is 6.54 Å². The van der Waals surface area contributed by atoms with E-state index in [0.29, 0.717) is 11.3 Å². The van der Waals surface area contributed by atoms with Crippen molar-refractivity contribution in [2.24, 2.45) is 0 Å². The standard InChI is InChI=1S/C14H13NO5/c16-9-2-3-11(10(6-9)14(19)20)15-7-8-1-4-12(17)13(18)5-8/h1-6,15-18H,7H2,(H,19,20). The molecule has 0 radical (unpaired) electrons. The number of carbonyl (C=O) groups is 1. The minimum Gasteiger partial charge on any atom is -0.508 e. The molecule has 2 rings (SSSR count). The van der Waals surface area contributed by atoms with Crippen molar-refractivity contribution in [3.8, 4) is 17.2 Å². The highest BCUT2D eigenvalue weighted by atomic mass is 16.4. The lowest BCUT2D eigenvalue weighted by Crippen LogP contribution is -2.06. The summed E-state index contributed by atoms with van der Waals surface area (Å²) in [5, 5.41) is 39.8. The van der Waals surface area contributed by atoms with E-state index in [2.05, 4.69) is 5.32 Å². The average molecular weight is 275 g/mol. The first kappa shape index (κ1) is 13.5. The fraction of sp³-hybridized carbons (Fsp3) is 0.0714. The molecule has 0 atom stereocenters. The van der Waals surface area contributed by atoms with Crippen molar-refractivity contribution in [1.82, 2.24) is 0 Å². The molecule has 2 aromatic carbocycles. The van der Waals surface area contributed by atoms with Crippen molar-refractivity contribution in [3.05, 3.63) is 47.5 Å². The third kappa shape index (κ3) is 2.92. The Hall–Kier alpha value is -2.89. The number of nitrogens with one attached hydrogen (secondary N) is 1. The number of rotatable bonds is 4. The lowest BCUT2D eigenvalue weighted by atomic mass is 10.1. The van der Waals surface area contributed by atoms with Crippen LogP contribution in [0.4, 0.5) is 5.69 Å². The number of hydrogen-bond donors (Lipinski definition) is 5. The maximum atomic E-state index is 11.1. The van der Waals surface area contributed by atoms with Gasteiger partial charge in [-0.05, 0) is 35.9 Å². The second-order valence-corrected chi connectivity index (χ2v) is 4.21. The largest absolute Gasteiger partial charge is 0.508 e. The molecule has 0 aromatic heterocycles. The van der Waals surface area contributed by atoms with Crippen LogP contribution in [0, 0.1) is 0 Å². The van der Waals surface area contributed by atoms with E-state index in [1.54, 1.807) is 6.07 Å². The van der Waals surface area contributed by atoms with Crippen molar-refractivity contribution in [2.75, 3.05) is 5.32 Å². The Balaban J connectivity index is 2.18. The summed E-state index contributed by atoms with van der Waals surface area (Å²) < 4.78 is 0. The molecule has 104 valence electrons. The normalized spacial score (nSPS) is 10.2. The topological polar surface area (TPSA) is 110 Å². The number of benzene rings is 2. The van der Waals surface area contributed by atoms with Gasteiger partial charge in [0.1, 0.15) is 5.75 Å². The zero-order valence-corrected chi connectivity index (χ0v) is 10.4. The number of anilines is 1. The van der Waals surface area contributed by atoms with Gasteiger partial charge in [0.15, 0.2) is 11.5 Å². The molecule has 20 heavy (non-hydrogen) atoms. The first-order chi connectivity index (χ1) is 9.47. The molecule has 6 nitrogen and oxygen atoms in total. The van der Waals surface area contributed by atoms with Crippen LogP contribution in [-0.4, -0.2) is 26.4 Å². The second-order valence-electron chi connectivity index (χ2n) is 4.21. The van der Waals surface area contributed by atoms with Crippen molar-refractivity contribution < 1.29 is 25.2 Å². The summed E-state index contributed by atoms with van der Waals surface area (Å²) in [6, 6.07) is 8.31. The molecule has 2 aromatic rings. The molecule has 0 fully saturated rings. The smallest absolute Gasteiger partial charge is 0.337 e. The summed E-state index contributed by atoms with van der Waals surface area (Å²) in [5.41, 5.74) is 0.973. The Labute approximate surface area is 114 Å². The zero-order chi connectivity index (χ0) is 14.7. The van der Waals surface area contributed by atoms with E-state index >= 15 is 0 Å². The Morgan fingerprint density at radius 2 is 1.75 bits per heavy atom. The zero-order valence-electron chi connectivity index (χ0n) is 10.4. The molecule has 0 amide bonds. The fourth-order valence-corrected chi connectivity index (χ4v) is 1.74. The molecule has 0 heterocycles. The number of aromatic hydroxyl groups is 3. The number of phenolic OH excluding ortho intramolecular Hbond substituents is 3. The molecular weight excluding hydrogens is 262 g/mol. The minimum atomic E-state index is -1.16.